The van der Waals surface area contributed by atoms with E-state index < -0.39 is 22.1 Å². The fraction of sp³-hybridized carbons (Fsp3) is 1.00. The number of nitrogens with zero attached hydrogens (tertiary/aromatic N) is 1. The van der Waals surface area contributed by atoms with Crippen LogP contribution in [0, 0.1) is 5.41 Å². The Morgan fingerprint density at radius 2 is 1.94 bits per heavy atom. The van der Waals surface area contributed by atoms with E-state index in [2.05, 4.69) is 11.9 Å². The van der Waals surface area contributed by atoms with Gasteiger partial charge in [0, 0.05) is 24.1 Å². The number of hydrogen-bond acceptors (Lipinski definition) is 4. The smallest absolute Gasteiger partial charge is 0.304 e. The number of halogens is 1. The minimum Gasteiger partial charge on any atom is -0.376 e. The maximum Gasteiger partial charge on any atom is 0.304 e. The van der Waals surface area contributed by atoms with E-state index in [0.29, 0.717) is 18.7 Å². The summed E-state index contributed by atoms with van der Waals surface area (Å²) >= 11 is 0. The Morgan fingerprint density at radius 1 is 1.33 bits per heavy atom. The van der Waals surface area contributed by atoms with E-state index in [4.69, 9.17) is 4.74 Å². The van der Waals surface area contributed by atoms with Crippen LogP contribution < -0.4 is 0 Å². The van der Waals surface area contributed by atoms with Gasteiger partial charge in [0.25, 0.3) is 0 Å². The van der Waals surface area contributed by atoms with E-state index >= 15 is 0 Å². The molecule has 104 valence electrons. The number of hydrogen-bond donors (Lipinski definition) is 0. The molecule has 0 saturated carbocycles. The van der Waals surface area contributed by atoms with Crippen LogP contribution in [0.15, 0.2) is 0 Å². The van der Waals surface area contributed by atoms with Crippen LogP contribution in [0.25, 0.3) is 0 Å². The van der Waals surface area contributed by atoms with E-state index in [1.165, 1.54) is 12.8 Å². The molecule has 0 aromatic heterocycles. The van der Waals surface area contributed by atoms with Crippen molar-refractivity contribution in [1.82, 2.24) is 4.90 Å². The van der Waals surface area contributed by atoms with E-state index in [9.17, 15) is 12.3 Å². The Hall–Kier alpha value is -0.200. The van der Waals surface area contributed by atoms with Gasteiger partial charge in [-0.1, -0.05) is 0 Å². The quantitative estimate of drug-likeness (QED) is 0.714. The molecule has 3 aliphatic rings. The van der Waals surface area contributed by atoms with Crippen molar-refractivity contribution in [3.05, 3.63) is 0 Å². The van der Waals surface area contributed by atoms with Gasteiger partial charge in [0.1, 0.15) is 5.75 Å². The lowest BCUT2D eigenvalue weighted by atomic mass is 9.70. The van der Waals surface area contributed by atoms with E-state index in [1.807, 2.05) is 0 Å². The molecule has 0 aromatic rings. The molecule has 0 N–H and O–H groups in total. The minimum absolute atomic E-state index is 0.0997. The first kappa shape index (κ1) is 12.8. The molecule has 0 aromatic carbocycles. The molecule has 6 heteroatoms. The minimum atomic E-state index is -4.45. The normalized spacial score (nSPS) is 44.9. The topological polar surface area (TPSA) is 46.6 Å². The van der Waals surface area contributed by atoms with Gasteiger partial charge in [-0.2, -0.15) is 8.42 Å². The fourth-order valence-electron chi connectivity index (χ4n) is 4.22. The molecule has 4 nitrogen and oxygen atoms in total. The van der Waals surface area contributed by atoms with Crippen molar-refractivity contribution >= 4 is 10.2 Å². The van der Waals surface area contributed by atoms with Crippen molar-refractivity contribution in [2.75, 3.05) is 19.4 Å². The summed E-state index contributed by atoms with van der Waals surface area (Å²) in [6, 6.07) is 1.05. The third-order valence-corrected chi connectivity index (χ3v) is 5.92. The molecule has 3 heterocycles. The van der Waals surface area contributed by atoms with Gasteiger partial charge in [-0.25, -0.2) is 0 Å². The lowest BCUT2D eigenvalue weighted by molar-refractivity contribution is -0.000202. The first-order valence-electron chi connectivity index (χ1n) is 6.65. The molecule has 18 heavy (non-hydrogen) atoms. The van der Waals surface area contributed by atoms with Crippen LogP contribution in [-0.4, -0.2) is 50.9 Å². The Morgan fingerprint density at radius 3 is 2.50 bits per heavy atom. The average Bonchev–Trinajstić information content (AvgIpc) is 2.69. The summed E-state index contributed by atoms with van der Waals surface area (Å²) in [5, 5.41) is 0. The molecule has 0 radical (unpaired) electrons. The summed E-state index contributed by atoms with van der Waals surface area (Å²) < 4.78 is 40.3. The summed E-state index contributed by atoms with van der Waals surface area (Å²) in [5.41, 5.74) is -0.0997. The van der Waals surface area contributed by atoms with Gasteiger partial charge in [0.15, 0.2) is 0 Å². The van der Waals surface area contributed by atoms with Gasteiger partial charge in [0.05, 0.1) is 6.10 Å². The molecule has 2 bridgehead atoms. The summed E-state index contributed by atoms with van der Waals surface area (Å²) in [7, 11) is -2.30. The number of fused-ring (bicyclic) bond motifs is 2. The van der Waals surface area contributed by atoms with Crippen molar-refractivity contribution in [3.63, 3.8) is 0 Å². The van der Waals surface area contributed by atoms with Crippen LogP contribution in [0.1, 0.15) is 32.1 Å². The largest absolute Gasteiger partial charge is 0.376 e. The Bertz CT molecular complexity index is 425. The third kappa shape index (κ3) is 2.08. The first-order chi connectivity index (χ1) is 8.40. The highest BCUT2D eigenvalue weighted by Crippen LogP contribution is 2.52. The molecule has 3 saturated heterocycles. The molecule has 1 spiro atoms. The zero-order valence-electron chi connectivity index (χ0n) is 10.6. The zero-order valence-corrected chi connectivity index (χ0v) is 11.5. The number of ether oxygens (including phenoxy) is 1. The fourth-order valence-corrected chi connectivity index (χ4v) is 5.03. The van der Waals surface area contributed by atoms with Gasteiger partial charge in [-0.15, -0.1) is 3.89 Å². The van der Waals surface area contributed by atoms with Gasteiger partial charge in [-0.05, 0) is 39.2 Å². The van der Waals surface area contributed by atoms with E-state index in [1.54, 1.807) is 0 Å². The summed E-state index contributed by atoms with van der Waals surface area (Å²) in [4.78, 5) is 2.41. The van der Waals surface area contributed by atoms with Crippen LogP contribution in [-0.2, 0) is 15.0 Å². The molecule has 3 atom stereocenters. The first-order valence-corrected chi connectivity index (χ1v) is 8.21. The van der Waals surface area contributed by atoms with E-state index in [-0.39, 0.29) is 5.41 Å². The Labute approximate surface area is 108 Å². The lowest BCUT2D eigenvalue weighted by Gasteiger charge is -2.45. The van der Waals surface area contributed by atoms with Gasteiger partial charge in [0.2, 0.25) is 0 Å². The van der Waals surface area contributed by atoms with Crippen molar-refractivity contribution in [3.8, 4) is 0 Å². The monoisotopic (exact) mass is 277 g/mol. The highest BCUT2D eigenvalue weighted by Gasteiger charge is 2.54. The van der Waals surface area contributed by atoms with Crippen LogP contribution in [0.5, 0.6) is 0 Å². The Kier molecular flexibility index (Phi) is 2.95. The predicted octanol–water partition coefficient (Wildman–Crippen LogP) is 1.32. The third-order valence-electron chi connectivity index (χ3n) is 5.22. The molecule has 3 rings (SSSR count). The standard InChI is InChI=1S/C12H20FNO3S/c1-14-9-2-3-10(14)7-12(6-9)4-5-17-11(12)8-18(13,15)16/h9-11H,2-8H2,1H3. The van der Waals surface area contributed by atoms with Crippen molar-refractivity contribution in [2.45, 2.75) is 50.3 Å². The second-order valence-electron chi connectivity index (χ2n) is 6.14. The maximum absolute atomic E-state index is 12.9. The lowest BCUT2D eigenvalue weighted by Crippen LogP contribution is -2.50. The molecule has 3 unspecified atom stereocenters. The van der Waals surface area contributed by atoms with Gasteiger partial charge < -0.3 is 9.64 Å². The van der Waals surface area contributed by atoms with E-state index in [0.717, 1.165) is 19.3 Å². The van der Waals surface area contributed by atoms with Crippen molar-refractivity contribution < 1.29 is 17.0 Å². The highest BCUT2D eigenvalue weighted by atomic mass is 32.3. The summed E-state index contributed by atoms with van der Waals surface area (Å²) in [6.07, 6.45) is 4.72. The number of piperidine rings is 1. The van der Waals surface area contributed by atoms with Crippen molar-refractivity contribution in [2.24, 2.45) is 5.41 Å². The van der Waals surface area contributed by atoms with Crippen LogP contribution in [0.3, 0.4) is 0 Å². The molecule has 3 aliphatic heterocycles. The molecule has 3 fully saturated rings. The molecule has 0 amide bonds. The second-order valence-corrected chi connectivity index (χ2v) is 7.55. The second kappa shape index (κ2) is 4.15. The van der Waals surface area contributed by atoms with Crippen LogP contribution >= 0.6 is 0 Å². The average molecular weight is 277 g/mol. The summed E-state index contributed by atoms with van der Waals surface area (Å²) in [6.45, 7) is 0.573. The highest BCUT2D eigenvalue weighted by molar-refractivity contribution is 7.86. The van der Waals surface area contributed by atoms with Gasteiger partial charge >= 0.3 is 10.2 Å². The van der Waals surface area contributed by atoms with Crippen molar-refractivity contribution in [1.29, 1.82) is 0 Å². The molecular weight excluding hydrogens is 257 g/mol. The SMILES string of the molecule is CN1C2CCC1CC1(CCOC1CS(=O)(=O)F)C2. The maximum atomic E-state index is 12.9. The number of rotatable bonds is 2. The van der Waals surface area contributed by atoms with Gasteiger partial charge in [-0.3, -0.25) is 0 Å². The summed E-state index contributed by atoms with van der Waals surface area (Å²) in [5.74, 6) is -0.462. The van der Waals surface area contributed by atoms with Crippen LogP contribution in [0.4, 0.5) is 3.89 Å². The predicted molar refractivity (Wildman–Crippen MR) is 65.5 cm³/mol. The van der Waals surface area contributed by atoms with Crippen LogP contribution in [0.2, 0.25) is 0 Å². The molecular formula is C12H20FNO3S. The molecule has 0 aliphatic carbocycles. The Balaban J connectivity index is 1.82. The zero-order chi connectivity index (χ0) is 13.0.